The summed E-state index contributed by atoms with van der Waals surface area (Å²) in [5, 5.41) is 10.3. The van der Waals surface area contributed by atoms with Crippen LogP contribution in [-0.4, -0.2) is 48.7 Å². The van der Waals surface area contributed by atoms with Gasteiger partial charge in [0.2, 0.25) is 0 Å². The fraction of sp³-hybridized carbons (Fsp3) is 0.344. The second kappa shape index (κ2) is 11.8. The first-order valence-electron chi connectivity index (χ1n) is 13.5. The van der Waals surface area contributed by atoms with Crippen LogP contribution in [0.5, 0.6) is 11.5 Å². The van der Waals surface area contributed by atoms with Gasteiger partial charge in [0.1, 0.15) is 11.3 Å². The molecule has 8 heteroatoms. The number of carboxylic acids is 1. The summed E-state index contributed by atoms with van der Waals surface area (Å²) in [4.78, 5) is 16.5. The zero-order valence-electron chi connectivity index (χ0n) is 22.7. The van der Waals surface area contributed by atoms with Crippen LogP contribution in [-0.2, 0) is 0 Å². The lowest BCUT2D eigenvalue weighted by Gasteiger charge is -2.39. The van der Waals surface area contributed by atoms with Gasteiger partial charge in [-0.1, -0.05) is 60.8 Å². The van der Waals surface area contributed by atoms with Gasteiger partial charge in [0.25, 0.3) is 0 Å². The molecular weight excluding hydrogens is 550 g/mol. The highest BCUT2D eigenvalue weighted by Gasteiger charge is 2.29. The number of hydrogen-bond donors (Lipinski definition) is 1. The van der Waals surface area contributed by atoms with Crippen LogP contribution in [0.3, 0.4) is 0 Å². The van der Waals surface area contributed by atoms with Crippen molar-refractivity contribution in [1.82, 2.24) is 4.90 Å². The zero-order chi connectivity index (χ0) is 28.4. The maximum Gasteiger partial charge on any atom is 0.339 e. The first-order valence-corrected chi connectivity index (χ1v) is 14.3. The standard InChI is InChI=1S/C32H33Cl2FN2O3/c1-32(2)13-12-22(26(19-32)21-6-8-23(33)9-7-21)20-36-14-16-37(17-15-36)24-10-11-25(31(38)39)29(18-24)40-28-5-3-4-27(34)30(28)35/h3-11,18H,12-17,19-20H2,1-2H3,(H,38,39). The molecule has 1 heterocycles. The molecule has 1 aliphatic carbocycles. The van der Waals surface area contributed by atoms with Crippen LogP contribution in [0.1, 0.15) is 49.0 Å². The molecule has 0 saturated carbocycles. The number of allylic oxidation sites excluding steroid dienone is 1. The molecule has 1 aliphatic heterocycles. The molecule has 5 rings (SSSR count). The number of carboxylic acid groups (broad SMARTS) is 1. The number of piperazine rings is 1. The van der Waals surface area contributed by atoms with Crippen molar-refractivity contribution in [2.45, 2.75) is 33.1 Å². The number of hydrogen-bond acceptors (Lipinski definition) is 4. The Morgan fingerprint density at radius 1 is 1.00 bits per heavy atom. The Morgan fingerprint density at radius 2 is 1.73 bits per heavy atom. The molecule has 1 fully saturated rings. The van der Waals surface area contributed by atoms with Gasteiger partial charge in [0.15, 0.2) is 11.6 Å². The Labute approximate surface area is 244 Å². The van der Waals surface area contributed by atoms with Crippen LogP contribution >= 0.6 is 23.2 Å². The Hall–Kier alpha value is -3.06. The van der Waals surface area contributed by atoms with Gasteiger partial charge in [-0.25, -0.2) is 9.18 Å². The van der Waals surface area contributed by atoms with E-state index in [0.717, 1.165) is 56.3 Å². The Morgan fingerprint density at radius 3 is 2.42 bits per heavy atom. The number of benzene rings is 3. The van der Waals surface area contributed by atoms with Crippen molar-refractivity contribution in [3.8, 4) is 11.5 Å². The fourth-order valence-corrected chi connectivity index (χ4v) is 5.84. The molecule has 5 nitrogen and oxygen atoms in total. The van der Waals surface area contributed by atoms with Gasteiger partial charge in [-0.15, -0.1) is 0 Å². The molecule has 40 heavy (non-hydrogen) atoms. The van der Waals surface area contributed by atoms with E-state index in [4.69, 9.17) is 27.9 Å². The predicted molar refractivity (Wildman–Crippen MR) is 160 cm³/mol. The summed E-state index contributed by atoms with van der Waals surface area (Å²) < 4.78 is 20.2. The van der Waals surface area contributed by atoms with Crippen molar-refractivity contribution in [2.75, 3.05) is 37.6 Å². The smallest absolute Gasteiger partial charge is 0.339 e. The molecule has 1 saturated heterocycles. The third kappa shape index (κ3) is 6.46. The molecule has 3 aromatic rings. The van der Waals surface area contributed by atoms with Crippen molar-refractivity contribution in [2.24, 2.45) is 5.41 Å². The number of rotatable bonds is 7. The second-order valence-electron chi connectivity index (χ2n) is 11.3. The number of nitrogens with zero attached hydrogens (tertiary/aromatic N) is 2. The second-order valence-corrected chi connectivity index (χ2v) is 12.2. The maximum absolute atomic E-state index is 14.5. The molecule has 2 aliphatic rings. The molecule has 0 radical (unpaired) electrons. The largest absolute Gasteiger partial charge is 0.478 e. The van der Waals surface area contributed by atoms with Crippen molar-refractivity contribution in [3.63, 3.8) is 0 Å². The van der Waals surface area contributed by atoms with Gasteiger partial charge >= 0.3 is 5.97 Å². The summed E-state index contributed by atoms with van der Waals surface area (Å²) in [5.74, 6) is -1.90. The van der Waals surface area contributed by atoms with Gasteiger partial charge in [0.05, 0.1) is 5.02 Å². The van der Waals surface area contributed by atoms with Gasteiger partial charge in [-0.2, -0.15) is 0 Å². The minimum absolute atomic E-state index is 0.0383. The molecule has 0 spiro atoms. The van der Waals surface area contributed by atoms with Gasteiger partial charge in [-0.05, 0) is 72.2 Å². The normalized spacial score (nSPS) is 17.7. The van der Waals surface area contributed by atoms with E-state index in [0.29, 0.717) is 0 Å². The lowest BCUT2D eigenvalue weighted by atomic mass is 9.72. The van der Waals surface area contributed by atoms with Crippen LogP contribution in [0, 0.1) is 11.2 Å². The van der Waals surface area contributed by atoms with Crippen molar-refractivity contribution in [1.29, 1.82) is 0 Å². The summed E-state index contributed by atoms with van der Waals surface area (Å²) >= 11 is 12.1. The third-order valence-corrected chi connectivity index (χ3v) is 8.41. The van der Waals surface area contributed by atoms with E-state index >= 15 is 0 Å². The Bertz CT molecular complexity index is 1430. The molecule has 0 aromatic heterocycles. The quantitative estimate of drug-likeness (QED) is 0.303. The average molecular weight is 584 g/mol. The highest BCUT2D eigenvalue weighted by molar-refractivity contribution is 6.31. The van der Waals surface area contributed by atoms with E-state index in [1.165, 1.54) is 41.3 Å². The van der Waals surface area contributed by atoms with E-state index in [2.05, 4.69) is 35.8 Å². The fourth-order valence-electron chi connectivity index (χ4n) is 5.55. The number of anilines is 1. The van der Waals surface area contributed by atoms with Crippen LogP contribution in [0.25, 0.3) is 5.57 Å². The highest BCUT2D eigenvalue weighted by Crippen LogP contribution is 2.43. The molecular formula is C32H33Cl2FN2O3. The van der Waals surface area contributed by atoms with E-state index in [1.54, 1.807) is 18.2 Å². The van der Waals surface area contributed by atoms with E-state index in [1.807, 2.05) is 12.1 Å². The number of ether oxygens (including phenoxy) is 1. The van der Waals surface area contributed by atoms with Crippen LogP contribution in [0.2, 0.25) is 10.0 Å². The zero-order valence-corrected chi connectivity index (χ0v) is 24.2. The molecule has 3 aromatic carbocycles. The van der Waals surface area contributed by atoms with Crippen LogP contribution < -0.4 is 9.64 Å². The molecule has 0 bridgehead atoms. The lowest BCUT2D eigenvalue weighted by Crippen LogP contribution is -2.47. The molecule has 0 atom stereocenters. The first kappa shape index (κ1) is 28.5. The molecule has 0 amide bonds. The average Bonchev–Trinajstić information content (AvgIpc) is 2.93. The van der Waals surface area contributed by atoms with E-state index in [9.17, 15) is 14.3 Å². The number of aromatic carboxylic acids is 1. The minimum atomic E-state index is -1.14. The third-order valence-electron chi connectivity index (χ3n) is 7.86. The van der Waals surface area contributed by atoms with Crippen molar-refractivity contribution < 1.29 is 19.0 Å². The topological polar surface area (TPSA) is 53.0 Å². The lowest BCUT2D eigenvalue weighted by molar-refractivity contribution is 0.0694. The summed E-state index contributed by atoms with van der Waals surface area (Å²) in [6, 6.07) is 17.6. The molecule has 1 N–H and O–H groups in total. The first-order chi connectivity index (χ1) is 19.1. The SMILES string of the molecule is CC1(C)CCC(CN2CCN(c3ccc(C(=O)O)c(Oc4cccc(Cl)c4F)c3)CC2)=C(c2ccc(Cl)cc2)C1. The van der Waals surface area contributed by atoms with Gasteiger partial charge in [-0.3, -0.25) is 4.90 Å². The summed E-state index contributed by atoms with van der Waals surface area (Å²) in [7, 11) is 0. The van der Waals surface area contributed by atoms with Crippen LogP contribution in [0.15, 0.2) is 66.2 Å². The summed E-state index contributed by atoms with van der Waals surface area (Å²) in [5.41, 5.74) is 5.27. The van der Waals surface area contributed by atoms with Crippen molar-refractivity contribution >= 4 is 40.4 Å². The van der Waals surface area contributed by atoms with E-state index < -0.39 is 11.8 Å². The number of carbonyl (C=O) groups is 1. The van der Waals surface area contributed by atoms with Gasteiger partial charge < -0.3 is 14.7 Å². The summed E-state index contributed by atoms with van der Waals surface area (Å²) in [6.45, 7) is 8.93. The highest BCUT2D eigenvalue weighted by atomic mass is 35.5. The minimum Gasteiger partial charge on any atom is -0.478 e. The molecule has 0 unspecified atom stereocenters. The predicted octanol–water partition coefficient (Wildman–Crippen LogP) is 8.41. The molecule has 210 valence electrons. The Kier molecular flexibility index (Phi) is 8.41. The van der Waals surface area contributed by atoms with Crippen LogP contribution in [0.4, 0.5) is 10.1 Å². The van der Waals surface area contributed by atoms with Gasteiger partial charge in [0, 0.05) is 49.5 Å². The monoisotopic (exact) mass is 582 g/mol. The van der Waals surface area contributed by atoms with Crippen molar-refractivity contribution in [3.05, 3.63) is 93.2 Å². The van der Waals surface area contributed by atoms with E-state index in [-0.39, 0.29) is 27.5 Å². The summed E-state index contributed by atoms with van der Waals surface area (Å²) in [6.07, 6.45) is 3.31. The maximum atomic E-state index is 14.5. The Balaban J connectivity index is 1.31. The number of halogens is 3.